The van der Waals surface area contributed by atoms with E-state index in [1.807, 2.05) is 0 Å². The Morgan fingerprint density at radius 2 is 2.12 bits per heavy atom. The van der Waals surface area contributed by atoms with Gasteiger partial charge in [-0.25, -0.2) is 9.59 Å². The summed E-state index contributed by atoms with van der Waals surface area (Å²) in [7, 11) is 0. The van der Waals surface area contributed by atoms with Crippen molar-refractivity contribution in [1.82, 2.24) is 9.55 Å². The maximum atomic E-state index is 11.9. The highest BCUT2D eigenvalue weighted by Gasteiger charge is 2.36. The number of aliphatic hydroxyl groups is 1. The summed E-state index contributed by atoms with van der Waals surface area (Å²) in [6.45, 7) is 1.26. The Morgan fingerprint density at radius 1 is 1.44 bits per heavy atom. The van der Waals surface area contributed by atoms with E-state index >= 15 is 0 Å². The molecule has 1 aliphatic rings. The number of aromatic amines is 1. The fraction of sp³-hybridized carbons (Fsp3) is 0.615. The maximum absolute atomic E-state index is 11.9. The van der Waals surface area contributed by atoms with Crippen molar-refractivity contribution in [2.75, 3.05) is 13.2 Å². The molecule has 1 saturated heterocycles. The largest absolute Gasteiger partial charge is 0.508 e. The predicted molar refractivity (Wildman–Crippen MR) is 97.4 cm³/mol. The van der Waals surface area contributed by atoms with Crippen LogP contribution in [0.2, 0.25) is 0 Å². The van der Waals surface area contributed by atoms with E-state index in [4.69, 9.17) is 14.2 Å². The monoisotopic (exact) mass is 548 g/mol. The predicted octanol–water partition coefficient (Wildman–Crippen LogP) is 1.49. The number of carbonyl (C=O) groups is 1. The molecule has 0 aromatic carbocycles. The summed E-state index contributed by atoms with van der Waals surface area (Å²) in [5.74, 6) is 0. The molecule has 0 saturated carbocycles. The summed E-state index contributed by atoms with van der Waals surface area (Å²) in [5.41, 5.74) is -0.787. The summed E-state index contributed by atoms with van der Waals surface area (Å²) in [6, 6.07) is 0. The van der Waals surface area contributed by atoms with Gasteiger partial charge in [-0.3, -0.25) is 14.3 Å². The van der Waals surface area contributed by atoms with Crippen molar-refractivity contribution in [3.05, 3.63) is 32.6 Å². The number of hydrogen-bond acceptors (Lipinski definition) is 7. The van der Waals surface area contributed by atoms with Gasteiger partial charge in [0.15, 0.2) is 2.14 Å². The first-order valence-electron chi connectivity index (χ1n) is 7.08. The second kappa shape index (κ2) is 8.33. The van der Waals surface area contributed by atoms with Crippen LogP contribution < -0.4 is 11.2 Å². The molecular formula is C13H15Br3N2O7. The number of hydrogen-bond donors (Lipinski definition) is 2. The first-order valence-corrected chi connectivity index (χ1v) is 9.46. The highest BCUT2D eigenvalue weighted by atomic mass is 80.0. The average Bonchev–Trinajstić information content (AvgIpc) is 2.87. The van der Waals surface area contributed by atoms with Crippen molar-refractivity contribution >= 4 is 53.9 Å². The van der Waals surface area contributed by atoms with Crippen LogP contribution in [0, 0.1) is 6.92 Å². The Labute approximate surface area is 167 Å². The van der Waals surface area contributed by atoms with E-state index in [1.165, 1.54) is 10.8 Å². The second-order valence-electron chi connectivity index (χ2n) is 5.38. The molecule has 0 aliphatic carbocycles. The zero-order valence-corrected chi connectivity index (χ0v) is 17.7. The molecule has 1 aromatic heterocycles. The van der Waals surface area contributed by atoms with Crippen LogP contribution in [-0.2, 0) is 14.2 Å². The number of aromatic nitrogens is 2. The van der Waals surface area contributed by atoms with E-state index in [0.29, 0.717) is 5.56 Å². The lowest BCUT2D eigenvalue weighted by molar-refractivity contribution is -0.0584. The van der Waals surface area contributed by atoms with Crippen molar-refractivity contribution < 1.29 is 24.1 Å². The lowest BCUT2D eigenvalue weighted by Gasteiger charge is -2.17. The molecule has 0 amide bonds. The van der Waals surface area contributed by atoms with Gasteiger partial charge < -0.3 is 19.3 Å². The molecule has 0 spiro atoms. The van der Waals surface area contributed by atoms with Crippen molar-refractivity contribution in [2.45, 2.75) is 33.9 Å². The van der Waals surface area contributed by atoms with Crippen LogP contribution in [0.1, 0.15) is 18.2 Å². The molecule has 2 N–H and O–H groups in total. The Hall–Kier alpha value is -0.690. The van der Waals surface area contributed by atoms with Crippen LogP contribution in [0.3, 0.4) is 0 Å². The molecule has 0 bridgehead atoms. The topological polar surface area (TPSA) is 120 Å². The van der Waals surface area contributed by atoms with Crippen LogP contribution in [0.4, 0.5) is 4.79 Å². The van der Waals surface area contributed by atoms with Gasteiger partial charge in [-0.2, -0.15) is 0 Å². The molecule has 1 aliphatic heterocycles. The summed E-state index contributed by atoms with van der Waals surface area (Å²) in [4.78, 5) is 36.9. The van der Waals surface area contributed by atoms with Crippen molar-refractivity contribution in [3.8, 4) is 0 Å². The first-order chi connectivity index (χ1) is 11.6. The molecule has 25 heavy (non-hydrogen) atoms. The summed E-state index contributed by atoms with van der Waals surface area (Å²) in [6.07, 6.45) is -2.00. The van der Waals surface area contributed by atoms with Gasteiger partial charge in [0.1, 0.15) is 25.5 Å². The van der Waals surface area contributed by atoms with Crippen LogP contribution in [0.15, 0.2) is 15.8 Å². The smallest absolute Gasteiger partial charge is 0.431 e. The van der Waals surface area contributed by atoms with Crippen LogP contribution >= 0.6 is 47.8 Å². The van der Waals surface area contributed by atoms with E-state index in [2.05, 4.69) is 52.8 Å². The molecule has 140 valence electrons. The number of rotatable bonds is 4. The third-order valence-electron chi connectivity index (χ3n) is 3.38. The Morgan fingerprint density at radius 3 is 2.76 bits per heavy atom. The molecule has 1 unspecified atom stereocenters. The van der Waals surface area contributed by atoms with Crippen LogP contribution in [0.25, 0.3) is 0 Å². The number of aryl methyl sites for hydroxylation is 1. The molecule has 0 radical (unpaired) electrons. The third-order valence-corrected chi connectivity index (χ3v) is 4.07. The van der Waals surface area contributed by atoms with Gasteiger partial charge in [-0.1, -0.05) is 47.8 Å². The number of carbonyl (C=O) groups excluding carboxylic acids is 1. The number of halogens is 3. The van der Waals surface area contributed by atoms with Gasteiger partial charge in [0.2, 0.25) is 0 Å². The molecule has 2 heterocycles. The lowest BCUT2D eigenvalue weighted by atomic mass is 10.2. The Kier molecular flexibility index (Phi) is 6.87. The molecular weight excluding hydrogens is 536 g/mol. The number of nitrogens with zero attached hydrogens (tertiary/aromatic N) is 1. The Balaban J connectivity index is 1.93. The fourth-order valence-corrected chi connectivity index (χ4v) is 2.51. The number of aliphatic hydroxyl groups excluding tert-OH is 1. The number of H-pyrrole nitrogens is 1. The Bertz CT molecular complexity index is 742. The number of ether oxygens (including phenoxy) is 3. The van der Waals surface area contributed by atoms with Crippen molar-refractivity contribution in [1.29, 1.82) is 0 Å². The van der Waals surface area contributed by atoms with Gasteiger partial charge in [-0.15, -0.1) is 0 Å². The number of alkyl halides is 3. The number of nitrogens with one attached hydrogen (secondary N) is 1. The van der Waals surface area contributed by atoms with Gasteiger partial charge >= 0.3 is 11.8 Å². The highest BCUT2D eigenvalue weighted by Crippen LogP contribution is 2.33. The van der Waals surface area contributed by atoms with E-state index in [9.17, 15) is 19.5 Å². The lowest BCUT2D eigenvalue weighted by Crippen LogP contribution is -2.33. The fourth-order valence-electron chi connectivity index (χ4n) is 2.17. The molecule has 3 atom stereocenters. The molecule has 2 rings (SSSR count). The zero-order chi connectivity index (χ0) is 18.8. The molecule has 1 aromatic rings. The molecule has 12 heteroatoms. The van der Waals surface area contributed by atoms with Gasteiger partial charge in [-0.05, 0) is 6.92 Å². The normalized spacial score (nSPS) is 23.5. The first kappa shape index (κ1) is 20.6. The molecule has 9 nitrogen and oxygen atoms in total. The molecule has 1 fully saturated rings. The maximum Gasteiger partial charge on any atom is 0.508 e. The minimum Gasteiger partial charge on any atom is -0.431 e. The van der Waals surface area contributed by atoms with Gasteiger partial charge in [0.25, 0.3) is 5.56 Å². The minimum absolute atomic E-state index is 0.0470. The highest BCUT2D eigenvalue weighted by molar-refractivity contribution is 9.39. The van der Waals surface area contributed by atoms with Crippen molar-refractivity contribution in [2.24, 2.45) is 0 Å². The van der Waals surface area contributed by atoms with Gasteiger partial charge in [0.05, 0.1) is 6.10 Å². The van der Waals surface area contributed by atoms with E-state index in [1.54, 1.807) is 6.92 Å². The summed E-state index contributed by atoms with van der Waals surface area (Å²) < 4.78 is 15.7. The SMILES string of the molecule is Cc1cn([C@H]2CC(O)[C@@H](COC(=O)OCC(Br)(Br)Br)O2)c(=O)[nH]c1=O. The average molecular weight is 551 g/mol. The third kappa shape index (κ3) is 5.91. The second-order valence-corrected chi connectivity index (χ2v) is 12.6. The minimum atomic E-state index is -0.945. The summed E-state index contributed by atoms with van der Waals surface area (Å²) >= 11 is 9.49. The van der Waals surface area contributed by atoms with Crippen molar-refractivity contribution in [3.63, 3.8) is 0 Å². The standard InChI is InChI=1S/C13H15Br3N2O7/c1-6-3-18(11(21)17-10(6)20)9-2-7(19)8(25-9)4-23-12(22)24-5-13(14,15)16/h3,7-9,19H,2,4-5H2,1H3,(H,17,20,21)/t7?,8-,9-/m1/s1. The van der Waals surface area contributed by atoms with E-state index in [-0.39, 0.29) is 19.6 Å². The van der Waals surface area contributed by atoms with E-state index in [0.717, 1.165) is 0 Å². The quantitative estimate of drug-likeness (QED) is 0.430. The van der Waals surface area contributed by atoms with Crippen LogP contribution in [0.5, 0.6) is 0 Å². The van der Waals surface area contributed by atoms with Gasteiger partial charge in [0, 0.05) is 18.2 Å². The zero-order valence-electron chi connectivity index (χ0n) is 12.9. The van der Waals surface area contributed by atoms with Crippen LogP contribution in [-0.4, -0.2) is 48.4 Å². The summed E-state index contributed by atoms with van der Waals surface area (Å²) in [5, 5.41) is 10.0. The van der Waals surface area contributed by atoms with E-state index < -0.39 is 38.0 Å².